The molecule has 0 unspecified atom stereocenters. The van der Waals surface area contributed by atoms with Crippen LogP contribution in [0.2, 0.25) is 0 Å². The summed E-state index contributed by atoms with van der Waals surface area (Å²) in [5, 5.41) is 0. The van der Waals surface area contributed by atoms with Gasteiger partial charge in [-0.15, -0.1) is 0 Å². The highest BCUT2D eigenvalue weighted by Crippen LogP contribution is 2.31. The molecule has 0 fully saturated rings. The Morgan fingerprint density at radius 3 is 2.77 bits per heavy atom. The minimum absolute atomic E-state index is 0.0985. The van der Waals surface area contributed by atoms with Gasteiger partial charge in [0.15, 0.2) is 0 Å². The number of hydrogen-bond acceptors (Lipinski definition) is 2. The Morgan fingerprint density at radius 2 is 2.31 bits per heavy atom. The van der Waals surface area contributed by atoms with Crippen molar-refractivity contribution in [1.29, 1.82) is 0 Å². The van der Waals surface area contributed by atoms with Crippen molar-refractivity contribution in [3.05, 3.63) is 12.0 Å². The molecule has 0 spiro atoms. The van der Waals surface area contributed by atoms with Crippen molar-refractivity contribution in [2.45, 2.75) is 26.2 Å². The molecule has 5 nitrogen and oxygen atoms in total. The quantitative estimate of drug-likeness (QED) is 0.625. The van der Waals surface area contributed by atoms with Gasteiger partial charge >= 0.3 is 7.60 Å². The fourth-order valence-corrected chi connectivity index (χ4v) is 1.45. The lowest BCUT2D eigenvalue weighted by molar-refractivity contribution is 0.386. The van der Waals surface area contributed by atoms with Crippen molar-refractivity contribution in [3.8, 4) is 0 Å². The lowest BCUT2D eigenvalue weighted by Crippen LogP contribution is -2.04. The molecular formula is C7H13N2O3P. The highest BCUT2D eigenvalue weighted by Gasteiger charge is 2.19. The molecule has 0 saturated heterocycles. The predicted molar refractivity (Wildman–Crippen MR) is 48.9 cm³/mol. The van der Waals surface area contributed by atoms with Crippen LogP contribution in [0.4, 0.5) is 0 Å². The van der Waals surface area contributed by atoms with Crippen LogP contribution in [-0.4, -0.2) is 19.8 Å². The average Bonchev–Trinajstić information content (AvgIpc) is 2.47. The lowest BCUT2D eigenvalue weighted by Gasteiger charge is -1.97. The summed E-state index contributed by atoms with van der Waals surface area (Å²) in [6, 6.07) is 0. The zero-order valence-electron chi connectivity index (χ0n) is 7.40. The summed E-state index contributed by atoms with van der Waals surface area (Å²) >= 11 is 0. The van der Waals surface area contributed by atoms with Crippen molar-refractivity contribution < 1.29 is 14.4 Å². The summed E-state index contributed by atoms with van der Waals surface area (Å²) in [4.78, 5) is 24.0. The minimum atomic E-state index is -4.15. The number of nitrogens with zero attached hydrogens (tertiary/aromatic N) is 1. The van der Waals surface area contributed by atoms with Gasteiger partial charge in [0.2, 0.25) is 0 Å². The standard InChI is InChI=1S/C7H13N2O3P/c1-2-3-4-6-8-5-7(9-6)13(10,11)12/h5H,2-4H2,1H3,(H,8,9)(H2,10,11,12). The number of aryl methyl sites for hydroxylation is 1. The van der Waals surface area contributed by atoms with Crippen LogP contribution >= 0.6 is 7.60 Å². The lowest BCUT2D eigenvalue weighted by atomic mass is 10.2. The van der Waals surface area contributed by atoms with Gasteiger partial charge in [0.05, 0.1) is 6.20 Å². The van der Waals surface area contributed by atoms with Gasteiger partial charge < -0.3 is 14.8 Å². The van der Waals surface area contributed by atoms with Gasteiger partial charge in [0, 0.05) is 6.42 Å². The second kappa shape index (κ2) is 4.05. The molecule has 3 N–H and O–H groups in total. The van der Waals surface area contributed by atoms with Gasteiger partial charge in [0.25, 0.3) is 0 Å². The monoisotopic (exact) mass is 204 g/mol. The number of imidazole rings is 1. The van der Waals surface area contributed by atoms with Crippen LogP contribution in [0.5, 0.6) is 0 Å². The number of nitrogens with one attached hydrogen (secondary N) is 1. The van der Waals surface area contributed by atoms with Gasteiger partial charge in [-0.05, 0) is 6.42 Å². The van der Waals surface area contributed by atoms with E-state index >= 15 is 0 Å². The normalized spacial score (nSPS) is 11.9. The largest absolute Gasteiger partial charge is 0.373 e. The molecule has 1 aromatic heterocycles. The third kappa shape index (κ3) is 2.95. The maximum Gasteiger partial charge on any atom is 0.373 e. The Morgan fingerprint density at radius 1 is 1.62 bits per heavy atom. The second-order valence-corrected chi connectivity index (χ2v) is 4.43. The molecule has 0 aliphatic heterocycles. The van der Waals surface area contributed by atoms with Crippen LogP contribution in [0.3, 0.4) is 0 Å². The van der Waals surface area contributed by atoms with E-state index in [0.29, 0.717) is 5.82 Å². The second-order valence-electron chi connectivity index (χ2n) is 2.86. The maximum atomic E-state index is 10.7. The molecule has 1 aromatic rings. The van der Waals surface area contributed by atoms with Crippen molar-refractivity contribution in [2.24, 2.45) is 0 Å². The van der Waals surface area contributed by atoms with Crippen molar-refractivity contribution in [3.63, 3.8) is 0 Å². The molecule has 0 radical (unpaired) electrons. The topological polar surface area (TPSA) is 86.2 Å². The van der Waals surface area contributed by atoms with Gasteiger partial charge in [-0.1, -0.05) is 13.3 Å². The van der Waals surface area contributed by atoms with Crippen molar-refractivity contribution in [2.75, 3.05) is 0 Å². The molecule has 0 atom stereocenters. The maximum absolute atomic E-state index is 10.7. The van der Waals surface area contributed by atoms with Gasteiger partial charge in [-0.2, -0.15) is 0 Å². The first-order valence-corrected chi connectivity index (χ1v) is 5.75. The Balaban J connectivity index is 2.70. The van der Waals surface area contributed by atoms with E-state index in [9.17, 15) is 4.57 Å². The molecule has 0 amide bonds. The zero-order chi connectivity index (χ0) is 9.90. The number of aromatic amines is 1. The molecule has 0 bridgehead atoms. The summed E-state index contributed by atoms with van der Waals surface area (Å²) in [6.07, 6.45) is 3.93. The summed E-state index contributed by atoms with van der Waals surface area (Å²) in [5.41, 5.74) is -0.0985. The fourth-order valence-electron chi connectivity index (χ4n) is 0.971. The van der Waals surface area contributed by atoms with E-state index in [1.54, 1.807) is 0 Å². The van der Waals surface area contributed by atoms with Crippen LogP contribution in [0.1, 0.15) is 25.6 Å². The van der Waals surface area contributed by atoms with Crippen LogP contribution < -0.4 is 5.44 Å². The Hall–Kier alpha value is -0.640. The van der Waals surface area contributed by atoms with Crippen LogP contribution in [-0.2, 0) is 11.0 Å². The SMILES string of the molecule is CCCCc1ncc(P(=O)(O)O)[nH]1. The van der Waals surface area contributed by atoms with Gasteiger partial charge in [-0.25, -0.2) is 4.98 Å². The van der Waals surface area contributed by atoms with Gasteiger partial charge in [0.1, 0.15) is 11.3 Å². The van der Waals surface area contributed by atoms with E-state index in [1.165, 1.54) is 6.20 Å². The van der Waals surface area contributed by atoms with E-state index in [2.05, 4.69) is 9.97 Å². The molecule has 0 aliphatic rings. The summed E-state index contributed by atoms with van der Waals surface area (Å²) < 4.78 is 10.7. The van der Waals surface area contributed by atoms with Crippen LogP contribution in [0.25, 0.3) is 0 Å². The molecule has 0 aliphatic carbocycles. The van der Waals surface area contributed by atoms with Crippen molar-refractivity contribution in [1.82, 2.24) is 9.97 Å². The van der Waals surface area contributed by atoms with E-state index < -0.39 is 7.60 Å². The molecule has 1 heterocycles. The highest BCUT2D eigenvalue weighted by molar-refractivity contribution is 7.60. The Labute approximate surface area is 76.4 Å². The zero-order valence-corrected chi connectivity index (χ0v) is 8.29. The Kier molecular flexibility index (Phi) is 3.25. The number of aromatic nitrogens is 2. The molecule has 6 heteroatoms. The third-order valence-corrected chi connectivity index (χ3v) is 2.55. The first-order chi connectivity index (χ1) is 6.04. The molecule has 0 saturated carbocycles. The van der Waals surface area contributed by atoms with Gasteiger partial charge in [-0.3, -0.25) is 4.57 Å². The first-order valence-electron chi connectivity index (χ1n) is 4.14. The van der Waals surface area contributed by atoms with E-state index in [1.807, 2.05) is 6.92 Å². The molecule has 1 rings (SSSR count). The van der Waals surface area contributed by atoms with Crippen LogP contribution in [0.15, 0.2) is 6.20 Å². The number of H-pyrrole nitrogens is 1. The number of hydrogen-bond donors (Lipinski definition) is 3. The van der Waals surface area contributed by atoms with Crippen molar-refractivity contribution >= 4 is 13.0 Å². The molecular weight excluding hydrogens is 191 g/mol. The fraction of sp³-hybridized carbons (Fsp3) is 0.571. The summed E-state index contributed by atoms with van der Waals surface area (Å²) in [5.74, 6) is 0.639. The van der Waals surface area contributed by atoms with E-state index in [-0.39, 0.29) is 5.44 Å². The molecule has 0 aromatic carbocycles. The average molecular weight is 204 g/mol. The summed E-state index contributed by atoms with van der Waals surface area (Å²) in [7, 11) is -4.15. The first kappa shape index (κ1) is 10.4. The van der Waals surface area contributed by atoms with Crippen LogP contribution in [0, 0.1) is 0 Å². The molecule has 13 heavy (non-hydrogen) atoms. The smallest absolute Gasteiger partial charge is 0.336 e. The Bertz CT molecular complexity index is 317. The third-order valence-electron chi connectivity index (χ3n) is 1.70. The number of rotatable bonds is 4. The number of unbranched alkanes of at least 4 members (excludes halogenated alkanes) is 1. The van der Waals surface area contributed by atoms with E-state index in [4.69, 9.17) is 9.79 Å². The summed E-state index contributed by atoms with van der Waals surface area (Å²) in [6.45, 7) is 2.05. The molecule has 74 valence electrons. The minimum Gasteiger partial charge on any atom is -0.336 e. The predicted octanol–water partition coefficient (Wildman–Crippen LogP) is 0.555. The highest BCUT2D eigenvalue weighted by atomic mass is 31.2. The van der Waals surface area contributed by atoms with E-state index in [0.717, 1.165) is 19.3 Å².